The Balaban J connectivity index is 3.04. The second kappa shape index (κ2) is 6.06. The summed E-state index contributed by atoms with van der Waals surface area (Å²) < 4.78 is 28.2. The Morgan fingerprint density at radius 3 is 2.61 bits per heavy atom. The van der Waals surface area contributed by atoms with E-state index in [2.05, 4.69) is 5.32 Å². The van der Waals surface area contributed by atoms with Crippen LogP contribution in [-0.4, -0.2) is 34.4 Å². The molecule has 0 aliphatic heterocycles. The van der Waals surface area contributed by atoms with Crippen LogP contribution in [0.2, 0.25) is 0 Å². The van der Waals surface area contributed by atoms with E-state index in [1.54, 1.807) is 19.2 Å². The van der Waals surface area contributed by atoms with Crippen molar-refractivity contribution < 1.29 is 13.2 Å². The quantitative estimate of drug-likeness (QED) is 0.767. The van der Waals surface area contributed by atoms with E-state index in [4.69, 9.17) is 10.5 Å². The zero-order valence-corrected chi connectivity index (χ0v) is 11.8. The van der Waals surface area contributed by atoms with Crippen molar-refractivity contribution in [2.45, 2.75) is 24.3 Å². The lowest BCUT2D eigenvalue weighted by Gasteiger charge is -2.19. The summed E-state index contributed by atoms with van der Waals surface area (Å²) in [5.41, 5.74) is 6.77. The number of rotatable bonds is 6. The summed E-state index contributed by atoms with van der Waals surface area (Å²) in [6, 6.07) is 5.05. The molecule has 1 aromatic rings. The molecule has 0 heterocycles. The number of nitrogens with one attached hydrogen (secondary N) is 1. The molecule has 102 valence electrons. The Morgan fingerprint density at radius 1 is 1.44 bits per heavy atom. The van der Waals surface area contributed by atoms with Crippen LogP contribution in [-0.2, 0) is 14.6 Å². The maximum atomic E-state index is 11.6. The van der Waals surface area contributed by atoms with Crippen LogP contribution in [0.15, 0.2) is 23.1 Å². The van der Waals surface area contributed by atoms with Gasteiger partial charge >= 0.3 is 0 Å². The van der Waals surface area contributed by atoms with Crippen molar-refractivity contribution in [2.75, 3.05) is 31.0 Å². The van der Waals surface area contributed by atoms with Gasteiger partial charge in [-0.2, -0.15) is 0 Å². The molecule has 3 N–H and O–H groups in total. The molecule has 18 heavy (non-hydrogen) atoms. The van der Waals surface area contributed by atoms with Gasteiger partial charge in [0.2, 0.25) is 0 Å². The van der Waals surface area contributed by atoms with Gasteiger partial charge in [-0.1, -0.05) is 13.0 Å². The Bertz CT molecular complexity index is 500. The van der Waals surface area contributed by atoms with Crippen molar-refractivity contribution in [3.63, 3.8) is 0 Å². The van der Waals surface area contributed by atoms with Crippen molar-refractivity contribution in [3.05, 3.63) is 18.2 Å². The molecule has 0 saturated heterocycles. The Hall–Kier alpha value is -1.27. The molecule has 1 unspecified atom stereocenters. The van der Waals surface area contributed by atoms with Crippen LogP contribution < -0.4 is 11.1 Å². The van der Waals surface area contributed by atoms with Gasteiger partial charge in [0, 0.05) is 19.4 Å². The van der Waals surface area contributed by atoms with E-state index in [1.165, 1.54) is 6.07 Å². The van der Waals surface area contributed by atoms with E-state index >= 15 is 0 Å². The second-order valence-electron chi connectivity index (χ2n) is 4.19. The van der Waals surface area contributed by atoms with Crippen molar-refractivity contribution in [3.8, 4) is 0 Å². The molecule has 0 aromatic heterocycles. The topological polar surface area (TPSA) is 81.4 Å². The number of hydrogen-bond acceptors (Lipinski definition) is 5. The predicted octanol–water partition coefficient (Wildman–Crippen LogP) is 1.51. The molecule has 0 fully saturated rings. The zero-order chi connectivity index (χ0) is 13.8. The van der Waals surface area contributed by atoms with E-state index in [0.29, 0.717) is 12.3 Å². The normalized spacial score (nSPS) is 13.3. The predicted molar refractivity (Wildman–Crippen MR) is 73.5 cm³/mol. The molecule has 0 bridgehead atoms. The molecule has 0 spiro atoms. The maximum absolute atomic E-state index is 11.6. The fourth-order valence-electron chi connectivity index (χ4n) is 1.68. The van der Waals surface area contributed by atoms with Gasteiger partial charge in [0.15, 0.2) is 9.84 Å². The number of sulfone groups is 1. The van der Waals surface area contributed by atoms with Gasteiger partial charge in [0.1, 0.15) is 0 Å². The summed E-state index contributed by atoms with van der Waals surface area (Å²) in [6.45, 7) is 2.56. The van der Waals surface area contributed by atoms with Crippen LogP contribution in [0.1, 0.15) is 13.3 Å². The number of anilines is 2. The third-order valence-electron chi connectivity index (χ3n) is 2.69. The molecule has 6 heteroatoms. The SMILES string of the molecule is CCC(COC)Nc1cccc(S(C)(=O)=O)c1N. The molecule has 1 aromatic carbocycles. The summed E-state index contributed by atoms with van der Waals surface area (Å²) >= 11 is 0. The van der Waals surface area contributed by atoms with Gasteiger partial charge in [-0.3, -0.25) is 0 Å². The lowest BCUT2D eigenvalue weighted by atomic mass is 10.2. The average Bonchev–Trinajstić information content (AvgIpc) is 2.29. The Kier molecular flexibility index (Phi) is 4.98. The Morgan fingerprint density at radius 2 is 2.11 bits per heavy atom. The number of benzene rings is 1. The van der Waals surface area contributed by atoms with Gasteiger partial charge in [-0.05, 0) is 18.6 Å². The number of ether oxygens (including phenoxy) is 1. The highest BCUT2D eigenvalue weighted by Gasteiger charge is 2.15. The standard InChI is InChI=1S/C12H20N2O3S/c1-4-9(8-17-2)14-10-6-5-7-11(12(10)13)18(3,15)16/h5-7,9,14H,4,8,13H2,1-3H3. The highest BCUT2D eigenvalue weighted by atomic mass is 32.2. The summed E-state index contributed by atoms with van der Waals surface area (Å²) in [6.07, 6.45) is 2.01. The molecule has 0 saturated carbocycles. The minimum absolute atomic E-state index is 0.104. The number of methoxy groups -OCH3 is 1. The molecule has 1 rings (SSSR count). The minimum atomic E-state index is -3.31. The average molecular weight is 272 g/mol. The van der Waals surface area contributed by atoms with Gasteiger partial charge in [0.05, 0.1) is 22.9 Å². The van der Waals surface area contributed by atoms with E-state index in [-0.39, 0.29) is 16.6 Å². The van der Waals surface area contributed by atoms with Crippen LogP contribution in [0.25, 0.3) is 0 Å². The fraction of sp³-hybridized carbons (Fsp3) is 0.500. The van der Waals surface area contributed by atoms with Crippen molar-refractivity contribution in [1.82, 2.24) is 0 Å². The summed E-state index contributed by atoms with van der Waals surface area (Å²) in [5, 5.41) is 3.20. The molecule has 0 amide bonds. The first-order chi connectivity index (χ1) is 8.40. The molecular weight excluding hydrogens is 252 g/mol. The molecule has 0 aliphatic carbocycles. The number of hydrogen-bond donors (Lipinski definition) is 2. The number of nitrogens with two attached hydrogens (primary N) is 1. The van der Waals surface area contributed by atoms with Gasteiger partial charge < -0.3 is 15.8 Å². The molecule has 1 atom stereocenters. The van der Waals surface area contributed by atoms with Crippen LogP contribution in [0, 0.1) is 0 Å². The highest BCUT2D eigenvalue weighted by molar-refractivity contribution is 7.90. The van der Waals surface area contributed by atoms with Crippen molar-refractivity contribution >= 4 is 21.2 Å². The fourth-order valence-corrected chi connectivity index (χ4v) is 2.51. The van der Waals surface area contributed by atoms with Gasteiger partial charge in [0.25, 0.3) is 0 Å². The maximum Gasteiger partial charge on any atom is 0.177 e. The smallest absolute Gasteiger partial charge is 0.177 e. The first-order valence-corrected chi connectivity index (χ1v) is 7.63. The van der Waals surface area contributed by atoms with Crippen LogP contribution >= 0.6 is 0 Å². The molecule has 5 nitrogen and oxygen atoms in total. The lowest BCUT2D eigenvalue weighted by molar-refractivity contribution is 0.184. The molecule has 0 radical (unpaired) electrons. The first-order valence-electron chi connectivity index (χ1n) is 5.74. The largest absolute Gasteiger partial charge is 0.396 e. The first kappa shape index (κ1) is 14.8. The zero-order valence-electron chi connectivity index (χ0n) is 10.9. The van der Waals surface area contributed by atoms with Crippen LogP contribution in [0.3, 0.4) is 0 Å². The van der Waals surface area contributed by atoms with Crippen molar-refractivity contribution in [1.29, 1.82) is 0 Å². The lowest BCUT2D eigenvalue weighted by Crippen LogP contribution is -2.24. The van der Waals surface area contributed by atoms with E-state index in [1.807, 2.05) is 6.92 Å². The number of para-hydroxylation sites is 1. The van der Waals surface area contributed by atoms with Gasteiger partial charge in [-0.15, -0.1) is 0 Å². The van der Waals surface area contributed by atoms with E-state index in [0.717, 1.165) is 12.7 Å². The number of nitrogen functional groups attached to an aromatic ring is 1. The molecule has 0 aliphatic rings. The summed E-state index contributed by atoms with van der Waals surface area (Å²) in [7, 11) is -1.68. The Labute approximate surface area is 108 Å². The monoisotopic (exact) mass is 272 g/mol. The second-order valence-corrected chi connectivity index (χ2v) is 6.18. The van der Waals surface area contributed by atoms with E-state index in [9.17, 15) is 8.42 Å². The third-order valence-corrected chi connectivity index (χ3v) is 3.84. The third kappa shape index (κ3) is 3.61. The molecular formula is C12H20N2O3S. The highest BCUT2D eigenvalue weighted by Crippen LogP contribution is 2.27. The van der Waals surface area contributed by atoms with Crippen LogP contribution in [0.4, 0.5) is 11.4 Å². The van der Waals surface area contributed by atoms with Crippen molar-refractivity contribution in [2.24, 2.45) is 0 Å². The summed E-state index contributed by atoms with van der Waals surface area (Å²) in [5.74, 6) is 0. The van der Waals surface area contributed by atoms with Gasteiger partial charge in [-0.25, -0.2) is 8.42 Å². The minimum Gasteiger partial charge on any atom is -0.396 e. The van der Waals surface area contributed by atoms with E-state index < -0.39 is 9.84 Å². The van der Waals surface area contributed by atoms with Crippen LogP contribution in [0.5, 0.6) is 0 Å². The summed E-state index contributed by atoms with van der Waals surface area (Å²) in [4.78, 5) is 0.153.